The molecule has 30 heavy (non-hydrogen) atoms. The second kappa shape index (κ2) is 6.36. The standard InChI is InChI=1S/C25H36O5/c1-13(12-26)14-9-19(30)25(6)21-15(27)10-17-22(2,3)18(29)7-8-23(17,4)20(21)16(28)11-24(14,25)5/h9,13,15,17-18,26-27,29H,7-8,10-12H2,1-6H3/t13-,15+,17+,18+,23+,24-,25+/m1/s1. The normalized spacial score (nSPS) is 46.2. The van der Waals surface area contributed by atoms with Gasteiger partial charge in [-0.3, -0.25) is 9.59 Å². The summed E-state index contributed by atoms with van der Waals surface area (Å²) in [6.45, 7) is 11.8. The van der Waals surface area contributed by atoms with Crippen molar-refractivity contribution in [2.45, 2.75) is 79.4 Å². The van der Waals surface area contributed by atoms with Crippen molar-refractivity contribution in [2.75, 3.05) is 6.61 Å². The van der Waals surface area contributed by atoms with E-state index in [4.69, 9.17) is 0 Å². The molecule has 0 unspecified atom stereocenters. The van der Waals surface area contributed by atoms with E-state index < -0.39 is 33.9 Å². The molecule has 5 heteroatoms. The number of hydrogen-bond donors (Lipinski definition) is 3. The van der Waals surface area contributed by atoms with Crippen molar-refractivity contribution in [3.8, 4) is 0 Å². The van der Waals surface area contributed by atoms with Crippen LogP contribution in [0, 0.1) is 33.5 Å². The molecule has 0 amide bonds. The van der Waals surface area contributed by atoms with Gasteiger partial charge in [-0.15, -0.1) is 0 Å². The first-order chi connectivity index (χ1) is 13.8. The van der Waals surface area contributed by atoms with Gasteiger partial charge in [-0.2, -0.15) is 0 Å². The summed E-state index contributed by atoms with van der Waals surface area (Å²) in [5.41, 5.74) is -0.554. The van der Waals surface area contributed by atoms with Crippen molar-refractivity contribution < 1.29 is 24.9 Å². The molecule has 0 aromatic carbocycles. The molecular weight excluding hydrogens is 380 g/mol. The van der Waals surface area contributed by atoms with E-state index in [0.717, 1.165) is 5.57 Å². The zero-order valence-electron chi connectivity index (χ0n) is 19.1. The van der Waals surface area contributed by atoms with Crippen molar-refractivity contribution in [3.05, 3.63) is 22.8 Å². The van der Waals surface area contributed by atoms with Crippen LogP contribution >= 0.6 is 0 Å². The predicted molar refractivity (Wildman–Crippen MR) is 113 cm³/mol. The number of carbonyl (C=O) groups excluding carboxylic acids is 2. The Labute approximate surface area is 179 Å². The van der Waals surface area contributed by atoms with E-state index in [-0.39, 0.29) is 36.4 Å². The first-order valence-corrected chi connectivity index (χ1v) is 11.3. The molecule has 7 atom stereocenters. The first kappa shape index (κ1) is 21.9. The highest BCUT2D eigenvalue weighted by molar-refractivity contribution is 6.09. The van der Waals surface area contributed by atoms with Gasteiger partial charge in [-0.25, -0.2) is 0 Å². The zero-order chi connectivity index (χ0) is 22.4. The number of hydrogen-bond acceptors (Lipinski definition) is 5. The van der Waals surface area contributed by atoms with Crippen LogP contribution < -0.4 is 0 Å². The quantitative estimate of drug-likeness (QED) is 0.643. The fourth-order valence-corrected chi connectivity index (χ4v) is 7.67. The fraction of sp³-hybridized carbons (Fsp3) is 0.760. The number of rotatable bonds is 2. The zero-order valence-corrected chi connectivity index (χ0v) is 19.1. The Hall–Kier alpha value is -1.30. The Morgan fingerprint density at radius 2 is 1.77 bits per heavy atom. The third-order valence-corrected chi connectivity index (χ3v) is 9.75. The van der Waals surface area contributed by atoms with E-state index in [9.17, 15) is 24.9 Å². The van der Waals surface area contributed by atoms with Crippen LogP contribution in [0.3, 0.4) is 0 Å². The summed E-state index contributed by atoms with van der Waals surface area (Å²) in [6.07, 6.45) is 2.19. The van der Waals surface area contributed by atoms with Crippen LogP contribution in [-0.2, 0) is 9.59 Å². The number of ketones is 2. The van der Waals surface area contributed by atoms with Gasteiger partial charge in [0, 0.05) is 29.9 Å². The van der Waals surface area contributed by atoms with Crippen LogP contribution in [0.25, 0.3) is 0 Å². The van der Waals surface area contributed by atoms with Crippen LogP contribution in [0.1, 0.15) is 67.2 Å². The van der Waals surface area contributed by atoms with Crippen molar-refractivity contribution in [1.82, 2.24) is 0 Å². The summed E-state index contributed by atoms with van der Waals surface area (Å²) < 4.78 is 0. The lowest BCUT2D eigenvalue weighted by Crippen LogP contribution is -2.60. The van der Waals surface area contributed by atoms with Gasteiger partial charge >= 0.3 is 0 Å². The summed E-state index contributed by atoms with van der Waals surface area (Å²) in [7, 11) is 0. The largest absolute Gasteiger partial charge is 0.396 e. The Balaban J connectivity index is 1.95. The molecule has 3 N–H and O–H groups in total. The average Bonchev–Trinajstić information content (AvgIpc) is 2.87. The molecule has 0 bridgehead atoms. The van der Waals surface area contributed by atoms with Gasteiger partial charge in [-0.1, -0.05) is 40.2 Å². The molecule has 0 aliphatic heterocycles. The van der Waals surface area contributed by atoms with E-state index in [1.54, 1.807) is 6.08 Å². The van der Waals surface area contributed by atoms with E-state index >= 15 is 0 Å². The van der Waals surface area contributed by atoms with Crippen molar-refractivity contribution in [2.24, 2.45) is 33.5 Å². The number of aliphatic hydroxyl groups excluding tert-OH is 3. The molecule has 4 rings (SSSR count). The third kappa shape index (κ3) is 2.35. The van der Waals surface area contributed by atoms with Gasteiger partial charge < -0.3 is 15.3 Å². The first-order valence-electron chi connectivity index (χ1n) is 11.3. The van der Waals surface area contributed by atoms with Crippen LogP contribution in [0.4, 0.5) is 0 Å². The monoisotopic (exact) mass is 416 g/mol. The molecule has 0 radical (unpaired) electrons. The van der Waals surface area contributed by atoms with Crippen LogP contribution in [0.15, 0.2) is 22.8 Å². The lowest BCUT2D eigenvalue weighted by molar-refractivity contribution is -0.139. The van der Waals surface area contributed by atoms with Gasteiger partial charge in [0.25, 0.3) is 0 Å². The minimum atomic E-state index is -0.984. The molecule has 166 valence electrons. The Morgan fingerprint density at radius 3 is 2.37 bits per heavy atom. The SMILES string of the molecule is C[C@H](CO)C1=CC(=O)[C@@]2(C)C3=C(C(=O)C[C@]12C)[C@@]1(C)CC[C@H](O)C(C)(C)[C@@H]1C[C@@H]3O. The molecule has 0 spiro atoms. The summed E-state index contributed by atoms with van der Waals surface area (Å²) in [6, 6.07) is 0. The number of aliphatic hydroxyl groups is 3. The minimum absolute atomic E-state index is 0.00848. The highest BCUT2D eigenvalue weighted by atomic mass is 16.3. The third-order valence-electron chi connectivity index (χ3n) is 9.75. The van der Waals surface area contributed by atoms with E-state index in [2.05, 4.69) is 6.92 Å². The number of allylic oxidation sites excluding steroid dienone is 2. The van der Waals surface area contributed by atoms with Gasteiger partial charge in [-0.05, 0) is 54.6 Å². The second-order valence-corrected chi connectivity index (χ2v) is 11.5. The maximum absolute atomic E-state index is 13.7. The molecule has 0 aromatic rings. The fourth-order valence-electron chi connectivity index (χ4n) is 7.67. The van der Waals surface area contributed by atoms with Gasteiger partial charge in [0.15, 0.2) is 11.6 Å². The Kier molecular flexibility index (Phi) is 4.65. The highest BCUT2D eigenvalue weighted by Crippen LogP contribution is 2.69. The maximum Gasteiger partial charge on any atom is 0.166 e. The molecule has 0 aromatic heterocycles. The van der Waals surface area contributed by atoms with E-state index in [1.807, 2.05) is 34.6 Å². The number of carbonyl (C=O) groups is 2. The van der Waals surface area contributed by atoms with Crippen LogP contribution in [-0.4, -0.2) is 45.7 Å². The molecular formula is C25H36O5. The summed E-state index contributed by atoms with van der Waals surface area (Å²) in [5.74, 6) is -0.325. The predicted octanol–water partition coefficient (Wildman–Crippen LogP) is 2.97. The number of fused-ring (bicyclic) bond motifs is 4. The molecule has 1 fully saturated rings. The maximum atomic E-state index is 13.7. The second-order valence-electron chi connectivity index (χ2n) is 11.5. The summed E-state index contributed by atoms with van der Waals surface area (Å²) >= 11 is 0. The smallest absolute Gasteiger partial charge is 0.166 e. The van der Waals surface area contributed by atoms with Crippen LogP contribution in [0.5, 0.6) is 0 Å². The number of Topliss-reactive ketones (excluding diaryl/α,β-unsaturated/α-hetero) is 1. The van der Waals surface area contributed by atoms with Crippen molar-refractivity contribution in [3.63, 3.8) is 0 Å². The van der Waals surface area contributed by atoms with Gasteiger partial charge in [0.1, 0.15) is 0 Å². The van der Waals surface area contributed by atoms with Crippen LogP contribution in [0.2, 0.25) is 0 Å². The summed E-state index contributed by atoms with van der Waals surface area (Å²) in [4.78, 5) is 27.2. The lowest BCUT2D eigenvalue weighted by atomic mass is 9.42. The molecule has 0 heterocycles. The minimum Gasteiger partial charge on any atom is -0.396 e. The van der Waals surface area contributed by atoms with Crippen molar-refractivity contribution in [1.29, 1.82) is 0 Å². The Morgan fingerprint density at radius 1 is 1.13 bits per heavy atom. The molecule has 1 saturated carbocycles. The molecule has 5 nitrogen and oxygen atoms in total. The van der Waals surface area contributed by atoms with Gasteiger partial charge in [0.05, 0.1) is 17.6 Å². The molecule has 0 saturated heterocycles. The average molecular weight is 417 g/mol. The molecule has 4 aliphatic carbocycles. The van der Waals surface area contributed by atoms with Gasteiger partial charge in [0.2, 0.25) is 0 Å². The highest BCUT2D eigenvalue weighted by Gasteiger charge is 2.68. The topological polar surface area (TPSA) is 94.8 Å². The van der Waals surface area contributed by atoms with E-state index in [0.29, 0.717) is 30.4 Å². The molecule has 4 aliphatic rings. The van der Waals surface area contributed by atoms with E-state index in [1.165, 1.54) is 0 Å². The van der Waals surface area contributed by atoms with Crippen molar-refractivity contribution >= 4 is 11.6 Å². The summed E-state index contributed by atoms with van der Waals surface area (Å²) in [5, 5.41) is 31.9. The Bertz CT molecular complexity index is 882. The lowest BCUT2D eigenvalue weighted by Gasteiger charge is -2.61.